The van der Waals surface area contributed by atoms with Gasteiger partial charge in [-0.3, -0.25) is 0 Å². The van der Waals surface area contributed by atoms with E-state index in [1.165, 1.54) is 36.4 Å². The van der Waals surface area contributed by atoms with Gasteiger partial charge in [0.15, 0.2) is 5.96 Å². The van der Waals surface area contributed by atoms with E-state index in [9.17, 15) is 22.7 Å². The number of nitrogens with one attached hydrogen (secondary N) is 2. The summed E-state index contributed by atoms with van der Waals surface area (Å²) in [6.07, 6.45) is -5.23. The molecule has 0 saturated carbocycles. The van der Waals surface area contributed by atoms with E-state index in [0.29, 0.717) is 23.6 Å². The molecule has 0 aliphatic carbocycles. The lowest BCUT2D eigenvalue weighted by Crippen LogP contribution is -2.39. The molecule has 0 amide bonds. The molecule has 1 unspecified atom stereocenters. The van der Waals surface area contributed by atoms with Gasteiger partial charge >= 0.3 is 6.18 Å². The number of nitrogens with zero attached hydrogens (tertiary/aromatic N) is 1. The van der Waals surface area contributed by atoms with Crippen LogP contribution in [0.2, 0.25) is 0 Å². The summed E-state index contributed by atoms with van der Waals surface area (Å²) in [5.74, 6) is 0.0314. The molecule has 0 heterocycles. The third kappa shape index (κ3) is 7.63. The second-order valence-electron chi connectivity index (χ2n) is 5.84. The zero-order chi connectivity index (χ0) is 19.9. The fourth-order valence-corrected chi connectivity index (χ4v) is 2.31. The van der Waals surface area contributed by atoms with Crippen molar-refractivity contribution in [2.75, 3.05) is 13.1 Å². The van der Waals surface area contributed by atoms with Crippen molar-refractivity contribution in [1.29, 1.82) is 0 Å². The first-order valence-electron chi connectivity index (χ1n) is 8.41. The molecule has 2 aromatic carbocycles. The number of aliphatic imine (C=N–C) groups is 1. The zero-order valence-electron chi connectivity index (χ0n) is 15.1. The molecule has 1 atom stereocenters. The quantitative estimate of drug-likeness (QED) is 0.235. The van der Waals surface area contributed by atoms with E-state index in [0.717, 1.165) is 12.1 Å². The normalized spacial score (nSPS) is 12.9. The van der Waals surface area contributed by atoms with E-state index < -0.39 is 17.8 Å². The SMILES string of the molecule is CCNC(=NCc1ccc(C(F)(F)F)cc1)NCC(O)c1ccc(F)cc1.I. The van der Waals surface area contributed by atoms with Crippen molar-refractivity contribution in [3.05, 3.63) is 71.0 Å². The van der Waals surface area contributed by atoms with Crippen molar-refractivity contribution in [2.24, 2.45) is 4.99 Å². The summed E-state index contributed by atoms with van der Waals surface area (Å²) in [4.78, 5) is 4.30. The highest BCUT2D eigenvalue weighted by molar-refractivity contribution is 14.0. The molecule has 154 valence electrons. The number of halogens is 5. The Morgan fingerprint density at radius 2 is 1.64 bits per heavy atom. The molecule has 9 heteroatoms. The molecular formula is C19H22F4IN3O. The number of hydrogen-bond donors (Lipinski definition) is 3. The van der Waals surface area contributed by atoms with Crippen LogP contribution in [0.15, 0.2) is 53.5 Å². The first-order chi connectivity index (χ1) is 12.8. The Hall–Kier alpha value is -1.88. The predicted molar refractivity (Wildman–Crippen MR) is 111 cm³/mol. The highest BCUT2D eigenvalue weighted by Gasteiger charge is 2.29. The Kier molecular flexibility index (Phi) is 9.66. The van der Waals surface area contributed by atoms with Crippen LogP contribution < -0.4 is 10.6 Å². The standard InChI is InChI=1S/C19H21F4N3O.HI/c1-2-24-18(26-12-17(27)14-5-9-16(20)10-6-14)25-11-13-3-7-15(8-4-13)19(21,22)23;/h3-10,17,27H,2,11-12H2,1H3,(H2,24,25,26);1H. The lowest BCUT2D eigenvalue weighted by molar-refractivity contribution is -0.137. The van der Waals surface area contributed by atoms with E-state index in [-0.39, 0.29) is 42.9 Å². The fraction of sp³-hybridized carbons (Fsp3) is 0.316. The van der Waals surface area contributed by atoms with Gasteiger partial charge in [-0.05, 0) is 42.3 Å². The lowest BCUT2D eigenvalue weighted by Gasteiger charge is -2.15. The van der Waals surface area contributed by atoms with Crippen LogP contribution in [0.25, 0.3) is 0 Å². The number of alkyl halides is 3. The third-order valence-corrected chi connectivity index (χ3v) is 3.76. The summed E-state index contributed by atoms with van der Waals surface area (Å²) in [6, 6.07) is 10.3. The van der Waals surface area contributed by atoms with Crippen LogP contribution in [-0.4, -0.2) is 24.2 Å². The second kappa shape index (κ2) is 11.2. The average Bonchev–Trinajstić information content (AvgIpc) is 2.64. The maximum absolute atomic E-state index is 12.9. The van der Waals surface area contributed by atoms with Crippen molar-refractivity contribution >= 4 is 29.9 Å². The molecular weight excluding hydrogens is 489 g/mol. The van der Waals surface area contributed by atoms with Crippen LogP contribution in [0.3, 0.4) is 0 Å². The Morgan fingerprint density at radius 3 is 2.18 bits per heavy atom. The van der Waals surface area contributed by atoms with Gasteiger partial charge in [0, 0.05) is 13.1 Å². The predicted octanol–water partition coefficient (Wildman–Crippen LogP) is 4.25. The largest absolute Gasteiger partial charge is 0.416 e. The topological polar surface area (TPSA) is 56.7 Å². The van der Waals surface area contributed by atoms with Crippen LogP contribution in [0.5, 0.6) is 0 Å². The molecule has 0 saturated heterocycles. The van der Waals surface area contributed by atoms with Crippen molar-refractivity contribution in [3.63, 3.8) is 0 Å². The molecule has 0 radical (unpaired) electrons. The molecule has 0 bridgehead atoms. The summed E-state index contributed by atoms with van der Waals surface area (Å²) >= 11 is 0. The fourth-order valence-electron chi connectivity index (χ4n) is 2.31. The van der Waals surface area contributed by atoms with Gasteiger partial charge < -0.3 is 15.7 Å². The highest BCUT2D eigenvalue weighted by Crippen LogP contribution is 2.29. The van der Waals surface area contributed by atoms with Crippen LogP contribution in [0.1, 0.15) is 29.7 Å². The number of guanidine groups is 1. The molecule has 4 nitrogen and oxygen atoms in total. The van der Waals surface area contributed by atoms with Crippen molar-refractivity contribution < 1.29 is 22.7 Å². The minimum Gasteiger partial charge on any atom is -0.387 e. The van der Waals surface area contributed by atoms with Crippen LogP contribution in [0, 0.1) is 5.82 Å². The summed E-state index contributed by atoms with van der Waals surface area (Å²) in [5.41, 5.74) is 0.476. The molecule has 2 rings (SSSR count). The maximum atomic E-state index is 12.9. The van der Waals surface area contributed by atoms with Gasteiger partial charge in [-0.1, -0.05) is 24.3 Å². The van der Waals surface area contributed by atoms with Crippen LogP contribution in [-0.2, 0) is 12.7 Å². The molecule has 3 N–H and O–H groups in total. The van der Waals surface area contributed by atoms with Crippen LogP contribution >= 0.6 is 24.0 Å². The first-order valence-corrected chi connectivity index (χ1v) is 8.41. The van der Waals surface area contributed by atoms with E-state index in [4.69, 9.17) is 0 Å². The monoisotopic (exact) mass is 511 g/mol. The number of benzene rings is 2. The second-order valence-corrected chi connectivity index (χ2v) is 5.84. The zero-order valence-corrected chi connectivity index (χ0v) is 17.5. The van der Waals surface area contributed by atoms with Crippen molar-refractivity contribution in [2.45, 2.75) is 25.7 Å². The Balaban J connectivity index is 0.00000392. The van der Waals surface area contributed by atoms with E-state index in [2.05, 4.69) is 15.6 Å². The maximum Gasteiger partial charge on any atom is 0.416 e. The van der Waals surface area contributed by atoms with Gasteiger partial charge in [0.05, 0.1) is 18.2 Å². The van der Waals surface area contributed by atoms with E-state index in [1.54, 1.807) is 0 Å². The Labute approximate surface area is 178 Å². The number of aliphatic hydroxyl groups excluding tert-OH is 1. The molecule has 28 heavy (non-hydrogen) atoms. The molecule has 0 aliphatic heterocycles. The van der Waals surface area contributed by atoms with Gasteiger partial charge in [0.1, 0.15) is 5.82 Å². The van der Waals surface area contributed by atoms with Gasteiger partial charge in [-0.15, -0.1) is 24.0 Å². The first kappa shape index (κ1) is 24.2. The molecule has 0 aromatic heterocycles. The average molecular weight is 511 g/mol. The molecule has 0 fully saturated rings. The van der Waals surface area contributed by atoms with Crippen molar-refractivity contribution in [3.8, 4) is 0 Å². The minimum atomic E-state index is -4.37. The Morgan fingerprint density at radius 1 is 1.04 bits per heavy atom. The summed E-state index contributed by atoms with van der Waals surface area (Å²) < 4.78 is 50.7. The van der Waals surface area contributed by atoms with Gasteiger partial charge in [-0.25, -0.2) is 9.38 Å². The summed E-state index contributed by atoms with van der Waals surface area (Å²) in [6.45, 7) is 2.77. The smallest absolute Gasteiger partial charge is 0.387 e. The van der Waals surface area contributed by atoms with E-state index >= 15 is 0 Å². The highest BCUT2D eigenvalue weighted by atomic mass is 127. The number of aliphatic hydroxyl groups is 1. The van der Waals surface area contributed by atoms with Gasteiger partial charge in [0.25, 0.3) is 0 Å². The number of hydrogen-bond acceptors (Lipinski definition) is 2. The van der Waals surface area contributed by atoms with Gasteiger partial charge in [0.2, 0.25) is 0 Å². The lowest BCUT2D eigenvalue weighted by atomic mass is 10.1. The minimum absolute atomic E-state index is 0. The third-order valence-electron chi connectivity index (χ3n) is 3.76. The van der Waals surface area contributed by atoms with Crippen LogP contribution in [0.4, 0.5) is 17.6 Å². The summed E-state index contributed by atoms with van der Waals surface area (Å²) in [5, 5.41) is 16.1. The molecule has 2 aromatic rings. The number of rotatable bonds is 6. The van der Waals surface area contributed by atoms with Gasteiger partial charge in [-0.2, -0.15) is 13.2 Å². The Bertz CT molecular complexity index is 749. The molecule has 0 aliphatic rings. The molecule has 0 spiro atoms. The van der Waals surface area contributed by atoms with E-state index in [1.807, 2.05) is 6.92 Å². The van der Waals surface area contributed by atoms with Crippen molar-refractivity contribution in [1.82, 2.24) is 10.6 Å². The summed E-state index contributed by atoms with van der Waals surface area (Å²) in [7, 11) is 0.